The quantitative estimate of drug-likeness (QED) is 0.810. The summed E-state index contributed by atoms with van der Waals surface area (Å²) < 4.78 is 0. The predicted molar refractivity (Wildman–Crippen MR) is 119 cm³/mol. The Morgan fingerprint density at radius 3 is 2.16 bits per heavy atom. The molecule has 0 bridgehead atoms. The molecule has 2 fully saturated rings. The molecule has 2 aliphatic heterocycles. The van der Waals surface area contributed by atoms with Crippen molar-refractivity contribution >= 4 is 23.4 Å². The zero-order chi connectivity index (χ0) is 21.6. The van der Waals surface area contributed by atoms with Gasteiger partial charge in [0, 0.05) is 31.2 Å². The Kier molecular flexibility index (Phi) is 6.65. The molecule has 1 unspecified atom stereocenters. The molecule has 2 aliphatic rings. The van der Waals surface area contributed by atoms with Crippen molar-refractivity contribution in [2.24, 2.45) is 5.92 Å². The Hall–Kier alpha value is -3.15. The summed E-state index contributed by atoms with van der Waals surface area (Å²) in [7, 11) is 0. The summed E-state index contributed by atoms with van der Waals surface area (Å²) in [6.07, 6.45) is 3.19. The van der Waals surface area contributed by atoms with Gasteiger partial charge in [-0.15, -0.1) is 0 Å². The summed E-state index contributed by atoms with van der Waals surface area (Å²) in [6, 6.07) is 18.7. The van der Waals surface area contributed by atoms with Gasteiger partial charge in [-0.25, -0.2) is 0 Å². The van der Waals surface area contributed by atoms with E-state index in [0.717, 1.165) is 17.7 Å². The lowest BCUT2D eigenvalue weighted by molar-refractivity contribution is -0.144. The van der Waals surface area contributed by atoms with E-state index < -0.39 is 0 Å². The van der Waals surface area contributed by atoms with E-state index in [2.05, 4.69) is 5.32 Å². The van der Waals surface area contributed by atoms with Crippen molar-refractivity contribution in [1.29, 1.82) is 0 Å². The highest BCUT2D eigenvalue weighted by Gasteiger charge is 2.38. The molecule has 0 saturated carbocycles. The van der Waals surface area contributed by atoms with Crippen LogP contribution in [0.5, 0.6) is 0 Å². The minimum atomic E-state index is -0.370. The van der Waals surface area contributed by atoms with E-state index in [1.165, 1.54) is 0 Å². The second kappa shape index (κ2) is 9.77. The molecular weight excluding hydrogens is 390 g/mol. The molecule has 1 atom stereocenters. The van der Waals surface area contributed by atoms with Crippen LogP contribution in [0.25, 0.3) is 0 Å². The average molecular weight is 420 g/mol. The fraction of sp³-hybridized carbons (Fsp3) is 0.400. The molecule has 2 aromatic carbocycles. The molecule has 0 aliphatic carbocycles. The summed E-state index contributed by atoms with van der Waals surface area (Å²) in [5.74, 6) is -0.0394. The largest absolute Gasteiger partial charge is 0.341 e. The highest BCUT2D eigenvalue weighted by molar-refractivity contribution is 5.93. The van der Waals surface area contributed by atoms with E-state index in [9.17, 15) is 14.4 Å². The summed E-state index contributed by atoms with van der Waals surface area (Å²) in [4.78, 5) is 42.1. The number of piperidine rings is 1. The van der Waals surface area contributed by atoms with Gasteiger partial charge in [-0.2, -0.15) is 0 Å². The average Bonchev–Trinajstić information content (AvgIpc) is 3.30. The van der Waals surface area contributed by atoms with Gasteiger partial charge in [0.2, 0.25) is 17.7 Å². The van der Waals surface area contributed by atoms with E-state index in [1.807, 2.05) is 65.6 Å². The minimum Gasteiger partial charge on any atom is -0.341 e. The topological polar surface area (TPSA) is 69.7 Å². The van der Waals surface area contributed by atoms with Crippen molar-refractivity contribution in [3.63, 3.8) is 0 Å². The second-order valence-electron chi connectivity index (χ2n) is 8.36. The maximum atomic E-state index is 13.2. The van der Waals surface area contributed by atoms with Crippen molar-refractivity contribution in [3.05, 3.63) is 66.2 Å². The lowest BCUT2D eigenvalue weighted by Crippen LogP contribution is -2.51. The van der Waals surface area contributed by atoms with Crippen LogP contribution in [0.2, 0.25) is 0 Å². The monoisotopic (exact) mass is 419 g/mol. The van der Waals surface area contributed by atoms with Gasteiger partial charge < -0.3 is 15.1 Å². The molecule has 2 saturated heterocycles. The Morgan fingerprint density at radius 1 is 0.839 bits per heavy atom. The first-order chi connectivity index (χ1) is 15.1. The number of benzene rings is 2. The van der Waals surface area contributed by atoms with Crippen LogP contribution in [0, 0.1) is 5.92 Å². The third-order valence-corrected chi connectivity index (χ3v) is 6.28. The fourth-order valence-electron chi connectivity index (χ4n) is 4.53. The number of hydrogen-bond donors (Lipinski definition) is 1. The van der Waals surface area contributed by atoms with Crippen LogP contribution in [0.15, 0.2) is 60.7 Å². The fourth-order valence-corrected chi connectivity index (χ4v) is 4.53. The molecule has 2 aromatic rings. The molecule has 6 nitrogen and oxygen atoms in total. The number of anilines is 1. The zero-order valence-electron chi connectivity index (χ0n) is 17.7. The van der Waals surface area contributed by atoms with Crippen molar-refractivity contribution < 1.29 is 14.4 Å². The molecule has 4 rings (SSSR count). The number of nitrogens with zero attached hydrogens (tertiary/aromatic N) is 2. The van der Waals surface area contributed by atoms with Gasteiger partial charge in [0.25, 0.3) is 0 Å². The SMILES string of the molecule is O=C(Nc1ccccc1)C1CCN(C(=O)C2CCCN2C(=O)Cc2ccccc2)CC1. The normalized spacial score (nSPS) is 19.3. The van der Waals surface area contributed by atoms with E-state index in [0.29, 0.717) is 45.3 Å². The van der Waals surface area contributed by atoms with E-state index >= 15 is 0 Å². The Balaban J connectivity index is 1.30. The first kappa shape index (κ1) is 21.1. The third kappa shape index (κ3) is 5.13. The van der Waals surface area contributed by atoms with E-state index in [4.69, 9.17) is 0 Å². The Morgan fingerprint density at radius 2 is 1.48 bits per heavy atom. The first-order valence-electron chi connectivity index (χ1n) is 11.1. The molecule has 3 amide bonds. The van der Waals surface area contributed by atoms with Crippen molar-refractivity contribution in [1.82, 2.24) is 9.80 Å². The maximum Gasteiger partial charge on any atom is 0.245 e. The number of likely N-dealkylation sites (tertiary alicyclic amines) is 2. The zero-order valence-corrected chi connectivity index (χ0v) is 17.7. The molecule has 6 heteroatoms. The number of carbonyl (C=O) groups is 3. The molecule has 0 aromatic heterocycles. The minimum absolute atomic E-state index is 0.0128. The standard InChI is InChI=1S/C25H29N3O3/c29-23(18-19-8-3-1-4-9-19)28-15-7-12-22(28)25(31)27-16-13-20(14-17-27)24(30)26-21-10-5-2-6-11-21/h1-6,8-11,20,22H,7,12-18H2,(H,26,30). The van der Waals surface area contributed by atoms with Crippen LogP contribution in [-0.2, 0) is 20.8 Å². The van der Waals surface area contributed by atoms with Crippen molar-refractivity contribution in [2.45, 2.75) is 38.1 Å². The van der Waals surface area contributed by atoms with Gasteiger partial charge in [-0.05, 0) is 43.4 Å². The van der Waals surface area contributed by atoms with Crippen LogP contribution >= 0.6 is 0 Å². The van der Waals surface area contributed by atoms with Crippen molar-refractivity contribution in [2.75, 3.05) is 25.0 Å². The summed E-state index contributed by atoms with van der Waals surface area (Å²) in [5, 5.41) is 2.96. The Labute approximate surface area is 183 Å². The maximum absolute atomic E-state index is 13.2. The molecule has 2 heterocycles. The molecular formula is C25H29N3O3. The number of amides is 3. The van der Waals surface area contributed by atoms with Crippen LogP contribution in [-0.4, -0.2) is 53.2 Å². The number of para-hydroxylation sites is 1. The van der Waals surface area contributed by atoms with Gasteiger partial charge in [-0.3, -0.25) is 14.4 Å². The number of carbonyl (C=O) groups excluding carboxylic acids is 3. The van der Waals surface area contributed by atoms with Gasteiger partial charge in [0.15, 0.2) is 0 Å². The highest BCUT2D eigenvalue weighted by atomic mass is 16.2. The van der Waals surface area contributed by atoms with Crippen LogP contribution < -0.4 is 5.32 Å². The molecule has 162 valence electrons. The first-order valence-corrected chi connectivity index (χ1v) is 11.1. The third-order valence-electron chi connectivity index (χ3n) is 6.28. The smallest absolute Gasteiger partial charge is 0.245 e. The molecule has 31 heavy (non-hydrogen) atoms. The lowest BCUT2D eigenvalue weighted by atomic mass is 9.95. The van der Waals surface area contributed by atoms with Gasteiger partial charge in [0.05, 0.1) is 6.42 Å². The van der Waals surface area contributed by atoms with Crippen LogP contribution in [0.1, 0.15) is 31.2 Å². The lowest BCUT2D eigenvalue weighted by Gasteiger charge is -2.35. The molecule has 0 spiro atoms. The van der Waals surface area contributed by atoms with Crippen LogP contribution in [0.4, 0.5) is 5.69 Å². The molecule has 0 radical (unpaired) electrons. The summed E-state index contributed by atoms with van der Waals surface area (Å²) in [5.41, 5.74) is 1.76. The summed E-state index contributed by atoms with van der Waals surface area (Å²) >= 11 is 0. The number of nitrogens with one attached hydrogen (secondary N) is 1. The van der Waals surface area contributed by atoms with Gasteiger partial charge >= 0.3 is 0 Å². The number of hydrogen-bond acceptors (Lipinski definition) is 3. The summed E-state index contributed by atoms with van der Waals surface area (Å²) in [6.45, 7) is 1.75. The van der Waals surface area contributed by atoms with Gasteiger partial charge in [0.1, 0.15) is 6.04 Å². The second-order valence-corrected chi connectivity index (χ2v) is 8.36. The number of rotatable bonds is 5. The van der Waals surface area contributed by atoms with Crippen molar-refractivity contribution in [3.8, 4) is 0 Å². The van der Waals surface area contributed by atoms with E-state index in [-0.39, 0.29) is 29.7 Å². The Bertz CT molecular complexity index is 908. The van der Waals surface area contributed by atoms with Crippen LogP contribution in [0.3, 0.4) is 0 Å². The highest BCUT2D eigenvalue weighted by Crippen LogP contribution is 2.25. The van der Waals surface area contributed by atoms with E-state index in [1.54, 1.807) is 4.90 Å². The van der Waals surface area contributed by atoms with Gasteiger partial charge in [-0.1, -0.05) is 48.5 Å². The molecule has 1 N–H and O–H groups in total. The predicted octanol–water partition coefficient (Wildman–Crippen LogP) is 3.10.